The van der Waals surface area contributed by atoms with Gasteiger partial charge in [0, 0.05) is 34.7 Å². The molecule has 48 heavy (non-hydrogen) atoms. The molecule has 0 amide bonds. The van der Waals surface area contributed by atoms with Crippen molar-refractivity contribution in [2.75, 3.05) is 52.6 Å². The predicted molar refractivity (Wildman–Crippen MR) is 182 cm³/mol. The van der Waals surface area contributed by atoms with Gasteiger partial charge in [0.05, 0.1) is 39.4 Å². The molecule has 2 aliphatic rings. The second-order valence-electron chi connectivity index (χ2n) is 11.3. The van der Waals surface area contributed by atoms with Crippen molar-refractivity contribution in [1.29, 1.82) is 0 Å². The molecular weight excluding hydrogens is 653 g/mol. The van der Waals surface area contributed by atoms with Crippen molar-refractivity contribution in [3.8, 4) is 11.5 Å². The molecule has 252 valence electrons. The van der Waals surface area contributed by atoms with Crippen LogP contribution in [0.25, 0.3) is 0 Å². The summed E-state index contributed by atoms with van der Waals surface area (Å²) in [6.07, 6.45) is 3.14. The first kappa shape index (κ1) is 33.8. The van der Waals surface area contributed by atoms with Crippen LogP contribution in [0.2, 0.25) is 0 Å². The largest absolute Gasteiger partial charge is 0.491 e. The van der Waals surface area contributed by atoms with E-state index in [1.165, 1.54) is 19.9 Å². The normalized spacial score (nSPS) is 18.8. The third-order valence-corrected chi connectivity index (χ3v) is 9.43. The van der Waals surface area contributed by atoms with Crippen LogP contribution >= 0.6 is 22.7 Å². The number of nitrogens with zero attached hydrogens (tertiary/aromatic N) is 2. The van der Waals surface area contributed by atoms with E-state index in [0.717, 1.165) is 47.6 Å². The minimum absolute atomic E-state index is 0.289. The van der Waals surface area contributed by atoms with Crippen molar-refractivity contribution in [1.82, 2.24) is 10.1 Å². The molecule has 2 aromatic heterocycles. The predicted octanol–water partition coefficient (Wildman–Crippen LogP) is 5.32. The molecule has 0 bridgehead atoms. The molecule has 4 heterocycles. The van der Waals surface area contributed by atoms with Crippen LogP contribution in [0.15, 0.2) is 95.7 Å². The molecular formula is C36H38N2O8S2. The van der Waals surface area contributed by atoms with E-state index in [9.17, 15) is 9.59 Å². The molecule has 0 spiro atoms. The Morgan fingerprint density at radius 1 is 0.667 bits per heavy atom. The standard InChI is InChI=1S/C36H38N2O8S2/c39-35(45-37-15-17-41-29(23-37)25-43-33-11-3-1-7-27(33)21-31-9-5-19-47-31)13-14-36(40)46-38-16-18-42-30(24-38)26-44-34-12-4-2-8-28(34)22-32-10-6-20-48-32/h1-14,19-20,29-30H,15-18,21-26H2/b14-13-. The highest BCUT2D eigenvalue weighted by molar-refractivity contribution is 7.10. The average Bonchev–Trinajstić information content (AvgIpc) is 3.82. The lowest BCUT2D eigenvalue weighted by atomic mass is 10.1. The van der Waals surface area contributed by atoms with E-state index in [1.54, 1.807) is 22.7 Å². The van der Waals surface area contributed by atoms with Crippen molar-refractivity contribution in [2.24, 2.45) is 0 Å². The fourth-order valence-electron chi connectivity index (χ4n) is 5.35. The second-order valence-corrected chi connectivity index (χ2v) is 13.3. The molecule has 10 nitrogen and oxygen atoms in total. The molecule has 0 N–H and O–H groups in total. The number of morpholine rings is 2. The number of carbonyl (C=O) groups is 2. The summed E-state index contributed by atoms with van der Waals surface area (Å²) in [5.74, 6) is 0.257. The lowest BCUT2D eigenvalue weighted by molar-refractivity contribution is -0.214. The van der Waals surface area contributed by atoms with E-state index in [1.807, 2.05) is 48.5 Å². The topological polar surface area (TPSA) is 96.0 Å². The Bertz CT molecular complexity index is 1510. The number of benzene rings is 2. The number of thiophene rings is 2. The fourth-order valence-corrected chi connectivity index (χ4v) is 6.81. The van der Waals surface area contributed by atoms with E-state index in [0.29, 0.717) is 52.6 Å². The van der Waals surface area contributed by atoms with Crippen LogP contribution < -0.4 is 9.47 Å². The maximum Gasteiger partial charge on any atom is 0.349 e. The van der Waals surface area contributed by atoms with Gasteiger partial charge in [-0.3, -0.25) is 0 Å². The first-order valence-corrected chi connectivity index (χ1v) is 17.6. The molecule has 0 saturated carbocycles. The van der Waals surface area contributed by atoms with Gasteiger partial charge in [-0.15, -0.1) is 32.8 Å². The number of ether oxygens (including phenoxy) is 4. The summed E-state index contributed by atoms with van der Waals surface area (Å²) in [5, 5.41) is 7.18. The van der Waals surface area contributed by atoms with Gasteiger partial charge in [-0.25, -0.2) is 9.59 Å². The Balaban J connectivity index is 0.910. The smallest absolute Gasteiger partial charge is 0.349 e. The minimum atomic E-state index is -0.677. The van der Waals surface area contributed by atoms with E-state index >= 15 is 0 Å². The van der Waals surface area contributed by atoms with Crippen LogP contribution in [0.4, 0.5) is 0 Å². The summed E-state index contributed by atoms with van der Waals surface area (Å²) in [5.41, 5.74) is 2.20. The van der Waals surface area contributed by atoms with Gasteiger partial charge in [0.25, 0.3) is 0 Å². The first-order valence-electron chi connectivity index (χ1n) is 15.9. The van der Waals surface area contributed by atoms with Crippen molar-refractivity contribution in [2.45, 2.75) is 25.0 Å². The Labute approximate surface area is 287 Å². The number of hydrogen-bond acceptors (Lipinski definition) is 12. The molecule has 2 fully saturated rings. The Morgan fingerprint density at radius 2 is 1.12 bits per heavy atom. The van der Waals surface area contributed by atoms with Gasteiger partial charge in [-0.1, -0.05) is 48.5 Å². The average molecular weight is 691 g/mol. The molecule has 12 heteroatoms. The molecule has 2 aliphatic heterocycles. The first-order chi connectivity index (χ1) is 23.6. The molecule has 6 rings (SSSR count). The molecule has 2 aromatic carbocycles. The number of hydrogen-bond donors (Lipinski definition) is 0. The van der Waals surface area contributed by atoms with Crippen molar-refractivity contribution >= 4 is 34.6 Å². The van der Waals surface area contributed by atoms with Crippen LogP contribution in [0.3, 0.4) is 0 Å². The SMILES string of the molecule is O=C(/C=C\C(=O)ON1CCOC(COc2ccccc2Cc2cccs2)C1)ON1CCOC(COc2ccccc2Cc2cccs2)C1. The molecule has 2 saturated heterocycles. The highest BCUT2D eigenvalue weighted by Crippen LogP contribution is 2.25. The van der Waals surface area contributed by atoms with Crippen molar-refractivity contribution in [3.05, 3.63) is 117 Å². The van der Waals surface area contributed by atoms with Gasteiger partial charge < -0.3 is 28.6 Å². The Hall–Kier alpha value is -4.04. The highest BCUT2D eigenvalue weighted by atomic mass is 32.1. The fraction of sp³-hybridized carbons (Fsp3) is 0.333. The van der Waals surface area contributed by atoms with Crippen molar-refractivity contribution in [3.63, 3.8) is 0 Å². The lowest BCUT2D eigenvalue weighted by Crippen LogP contribution is -2.45. The Kier molecular flexibility index (Phi) is 12.3. The van der Waals surface area contributed by atoms with Crippen LogP contribution in [0.1, 0.15) is 20.9 Å². The monoisotopic (exact) mass is 690 g/mol. The number of para-hydroxylation sites is 2. The van der Waals surface area contributed by atoms with Gasteiger partial charge in [0.15, 0.2) is 0 Å². The summed E-state index contributed by atoms with van der Waals surface area (Å²) in [6, 6.07) is 24.2. The van der Waals surface area contributed by atoms with Gasteiger partial charge in [0.2, 0.25) is 0 Å². The maximum atomic E-state index is 12.5. The van der Waals surface area contributed by atoms with E-state index in [-0.39, 0.29) is 12.2 Å². The summed E-state index contributed by atoms with van der Waals surface area (Å²) in [6.45, 7) is 2.88. The van der Waals surface area contributed by atoms with Gasteiger partial charge in [0.1, 0.15) is 36.9 Å². The zero-order valence-electron chi connectivity index (χ0n) is 26.4. The second kappa shape index (κ2) is 17.4. The highest BCUT2D eigenvalue weighted by Gasteiger charge is 2.26. The number of hydroxylamine groups is 4. The summed E-state index contributed by atoms with van der Waals surface area (Å²) >= 11 is 3.43. The number of rotatable bonds is 14. The van der Waals surface area contributed by atoms with Gasteiger partial charge in [-0.05, 0) is 46.2 Å². The molecule has 2 atom stereocenters. The maximum absolute atomic E-state index is 12.5. The molecule has 0 radical (unpaired) electrons. The molecule has 0 aliphatic carbocycles. The lowest BCUT2D eigenvalue weighted by Gasteiger charge is -2.31. The molecule has 4 aromatic rings. The zero-order chi connectivity index (χ0) is 33.0. The van der Waals surface area contributed by atoms with Crippen LogP contribution in [-0.4, -0.2) is 86.9 Å². The minimum Gasteiger partial charge on any atom is -0.491 e. The van der Waals surface area contributed by atoms with Crippen molar-refractivity contribution < 1.29 is 38.2 Å². The third-order valence-electron chi connectivity index (χ3n) is 7.68. The van der Waals surface area contributed by atoms with Gasteiger partial charge >= 0.3 is 11.9 Å². The molecule has 2 unspecified atom stereocenters. The van der Waals surface area contributed by atoms with Gasteiger partial charge in [-0.2, -0.15) is 0 Å². The summed E-state index contributed by atoms with van der Waals surface area (Å²) < 4.78 is 23.9. The number of carbonyl (C=O) groups excluding carboxylic acids is 2. The van der Waals surface area contributed by atoms with E-state index < -0.39 is 11.9 Å². The van der Waals surface area contributed by atoms with Crippen LogP contribution in [-0.2, 0) is 41.6 Å². The zero-order valence-corrected chi connectivity index (χ0v) is 28.1. The third kappa shape index (κ3) is 10.2. The van der Waals surface area contributed by atoms with Crippen LogP contribution in [0, 0.1) is 0 Å². The summed E-state index contributed by atoms with van der Waals surface area (Å²) in [4.78, 5) is 38.5. The van der Waals surface area contributed by atoms with E-state index in [4.69, 9.17) is 28.6 Å². The summed E-state index contributed by atoms with van der Waals surface area (Å²) in [7, 11) is 0. The van der Waals surface area contributed by atoms with E-state index in [2.05, 4.69) is 35.0 Å². The quantitative estimate of drug-likeness (QED) is 0.162. The Morgan fingerprint density at radius 3 is 1.56 bits per heavy atom. The van der Waals surface area contributed by atoms with Crippen LogP contribution in [0.5, 0.6) is 11.5 Å².